The Labute approximate surface area is 190 Å². The number of nitrogens with zero attached hydrogens (tertiary/aromatic N) is 3. The fourth-order valence-corrected chi connectivity index (χ4v) is 4.93. The molecule has 1 amide bonds. The van der Waals surface area contributed by atoms with Crippen molar-refractivity contribution in [3.05, 3.63) is 99.5 Å². The van der Waals surface area contributed by atoms with Crippen molar-refractivity contribution in [2.45, 2.75) is 25.2 Å². The van der Waals surface area contributed by atoms with Crippen molar-refractivity contribution in [2.75, 3.05) is 13.1 Å². The molecule has 0 bridgehead atoms. The highest BCUT2D eigenvalue weighted by Crippen LogP contribution is 2.38. The number of carboxylic acids is 1. The third-order valence-electron chi connectivity index (χ3n) is 6.44. The normalized spacial score (nSPS) is 20.7. The van der Waals surface area contributed by atoms with Gasteiger partial charge in [0.15, 0.2) is 11.4 Å². The van der Waals surface area contributed by atoms with Crippen molar-refractivity contribution >= 4 is 11.9 Å². The number of fused-ring (bicyclic) bond motifs is 2. The van der Waals surface area contributed by atoms with Crippen LogP contribution in [0.2, 0.25) is 0 Å². The van der Waals surface area contributed by atoms with Gasteiger partial charge in [-0.2, -0.15) is 0 Å². The molecule has 8 heteroatoms. The summed E-state index contributed by atoms with van der Waals surface area (Å²) in [4.78, 5) is 41.0. The predicted octanol–water partition coefficient (Wildman–Crippen LogP) is 2.53. The standard InChI is InChI=1S/C25H23N3O5/c29-22-18(25(32)33)14-26-15-19-27(12-13-28(19)24(31)21(26)23(22)30)20(17-10-6-3-7-11-17)16-8-4-1-2-5-9-16/h1-4,6-11,14,19-20,30H,5,12-13,15H2,(H,32,33). The van der Waals surface area contributed by atoms with Gasteiger partial charge < -0.3 is 19.7 Å². The number of amides is 1. The highest BCUT2D eigenvalue weighted by atomic mass is 16.4. The highest BCUT2D eigenvalue weighted by molar-refractivity contribution is 5.97. The van der Waals surface area contributed by atoms with Crippen LogP contribution in [0.1, 0.15) is 38.9 Å². The molecule has 0 radical (unpaired) electrons. The summed E-state index contributed by atoms with van der Waals surface area (Å²) in [5.74, 6) is -2.72. The van der Waals surface area contributed by atoms with Crippen molar-refractivity contribution < 1.29 is 19.8 Å². The van der Waals surface area contributed by atoms with Gasteiger partial charge in [-0.15, -0.1) is 0 Å². The van der Waals surface area contributed by atoms with Crippen molar-refractivity contribution in [1.82, 2.24) is 14.4 Å². The Bertz CT molecular complexity index is 1270. The first kappa shape index (κ1) is 21.0. The van der Waals surface area contributed by atoms with E-state index in [2.05, 4.69) is 35.3 Å². The lowest BCUT2D eigenvalue weighted by Gasteiger charge is -2.40. The number of benzene rings is 1. The summed E-state index contributed by atoms with van der Waals surface area (Å²) in [6, 6.07) is 9.94. The van der Waals surface area contributed by atoms with Gasteiger partial charge in [0.2, 0.25) is 5.43 Å². The van der Waals surface area contributed by atoms with Crippen LogP contribution in [0, 0.1) is 0 Å². The van der Waals surface area contributed by atoms with Gasteiger partial charge in [0.1, 0.15) is 11.7 Å². The van der Waals surface area contributed by atoms with Crippen LogP contribution < -0.4 is 5.43 Å². The third-order valence-corrected chi connectivity index (χ3v) is 6.44. The zero-order chi connectivity index (χ0) is 23.1. The van der Waals surface area contributed by atoms with E-state index in [0.717, 1.165) is 23.8 Å². The Balaban J connectivity index is 1.59. The molecule has 0 spiro atoms. The molecule has 2 aliphatic heterocycles. The van der Waals surface area contributed by atoms with E-state index in [1.807, 2.05) is 30.4 Å². The average molecular weight is 445 g/mol. The van der Waals surface area contributed by atoms with E-state index >= 15 is 0 Å². The minimum Gasteiger partial charge on any atom is -0.503 e. The van der Waals surface area contributed by atoms with Gasteiger partial charge in [0.05, 0.1) is 12.6 Å². The van der Waals surface area contributed by atoms with Crippen LogP contribution in [0.5, 0.6) is 5.75 Å². The molecule has 2 atom stereocenters. The molecular formula is C25H23N3O5. The van der Waals surface area contributed by atoms with Crippen molar-refractivity contribution in [1.29, 1.82) is 0 Å². The lowest BCUT2D eigenvalue weighted by molar-refractivity contribution is 0.0448. The van der Waals surface area contributed by atoms with Crippen LogP contribution in [0.4, 0.5) is 0 Å². The van der Waals surface area contributed by atoms with E-state index < -0.39 is 28.6 Å². The van der Waals surface area contributed by atoms with Crippen LogP contribution in [0.15, 0.2) is 77.3 Å². The predicted molar refractivity (Wildman–Crippen MR) is 121 cm³/mol. The molecule has 2 N–H and O–H groups in total. The molecule has 3 aliphatic rings. The lowest BCUT2D eigenvalue weighted by atomic mass is 9.95. The SMILES string of the molecule is O=C(O)c1cn2c(c(O)c1=O)C(=O)N1CCN(C(C3=CCC=CC=C3)c3ccccc3)C1C2. The maximum Gasteiger partial charge on any atom is 0.341 e. The molecule has 1 fully saturated rings. The highest BCUT2D eigenvalue weighted by Gasteiger charge is 2.45. The number of aromatic nitrogens is 1. The van der Waals surface area contributed by atoms with Crippen LogP contribution >= 0.6 is 0 Å². The van der Waals surface area contributed by atoms with E-state index in [0.29, 0.717) is 13.1 Å². The Morgan fingerprint density at radius 3 is 2.64 bits per heavy atom. The lowest BCUT2D eigenvalue weighted by Crippen LogP contribution is -2.51. The molecule has 1 aliphatic carbocycles. The number of aromatic hydroxyl groups is 1. The van der Waals surface area contributed by atoms with Crippen LogP contribution in [0.3, 0.4) is 0 Å². The van der Waals surface area contributed by atoms with Crippen LogP contribution in [-0.2, 0) is 6.54 Å². The van der Waals surface area contributed by atoms with E-state index in [-0.39, 0.29) is 24.4 Å². The number of aromatic carboxylic acids is 1. The quantitative estimate of drug-likeness (QED) is 0.750. The second-order valence-corrected chi connectivity index (χ2v) is 8.28. The summed E-state index contributed by atoms with van der Waals surface area (Å²) < 4.78 is 1.41. The molecule has 1 saturated heterocycles. The van der Waals surface area contributed by atoms with Gasteiger partial charge in [0, 0.05) is 19.3 Å². The Kier molecular flexibility index (Phi) is 5.22. The molecule has 168 valence electrons. The van der Waals surface area contributed by atoms with Gasteiger partial charge in [-0.3, -0.25) is 14.5 Å². The number of pyridine rings is 1. The van der Waals surface area contributed by atoms with Crippen LogP contribution in [0.25, 0.3) is 0 Å². The monoisotopic (exact) mass is 445 g/mol. The first-order chi connectivity index (χ1) is 16.0. The number of hydrogen-bond acceptors (Lipinski definition) is 5. The van der Waals surface area contributed by atoms with Crippen molar-refractivity contribution in [3.63, 3.8) is 0 Å². The van der Waals surface area contributed by atoms with Crippen molar-refractivity contribution in [3.8, 4) is 5.75 Å². The second-order valence-electron chi connectivity index (χ2n) is 8.28. The molecule has 8 nitrogen and oxygen atoms in total. The Hall–Kier alpha value is -3.91. The Morgan fingerprint density at radius 2 is 1.88 bits per heavy atom. The molecule has 3 heterocycles. The second kappa shape index (κ2) is 8.22. The Morgan fingerprint density at radius 1 is 1.09 bits per heavy atom. The number of carbonyl (C=O) groups excluding carboxylic acids is 1. The molecule has 2 aromatic rings. The molecule has 1 aromatic heterocycles. The first-order valence-electron chi connectivity index (χ1n) is 10.8. The molecule has 5 rings (SSSR count). The summed E-state index contributed by atoms with van der Waals surface area (Å²) >= 11 is 0. The number of carbonyl (C=O) groups is 2. The summed E-state index contributed by atoms with van der Waals surface area (Å²) in [6.07, 6.45) is 11.9. The number of hydrogen-bond donors (Lipinski definition) is 2. The molecule has 0 saturated carbocycles. The van der Waals surface area contributed by atoms with Gasteiger partial charge in [0.25, 0.3) is 5.91 Å². The van der Waals surface area contributed by atoms with E-state index in [4.69, 9.17) is 0 Å². The average Bonchev–Trinajstić information content (AvgIpc) is 3.03. The van der Waals surface area contributed by atoms with Crippen molar-refractivity contribution in [2.24, 2.45) is 0 Å². The number of allylic oxidation sites excluding steroid dienone is 4. The molecule has 33 heavy (non-hydrogen) atoms. The summed E-state index contributed by atoms with van der Waals surface area (Å²) in [6.45, 7) is 1.28. The van der Waals surface area contributed by atoms with Gasteiger partial charge >= 0.3 is 5.97 Å². The van der Waals surface area contributed by atoms with Gasteiger partial charge in [-0.05, 0) is 17.6 Å². The zero-order valence-electron chi connectivity index (χ0n) is 17.8. The van der Waals surface area contributed by atoms with Crippen LogP contribution in [-0.4, -0.2) is 55.7 Å². The van der Waals surface area contributed by atoms with E-state index in [9.17, 15) is 24.6 Å². The maximum atomic E-state index is 13.3. The smallest absolute Gasteiger partial charge is 0.341 e. The van der Waals surface area contributed by atoms with E-state index in [1.165, 1.54) is 4.57 Å². The maximum absolute atomic E-state index is 13.3. The van der Waals surface area contributed by atoms with Gasteiger partial charge in [-0.1, -0.05) is 60.7 Å². The van der Waals surface area contributed by atoms with E-state index in [1.54, 1.807) is 4.90 Å². The van der Waals surface area contributed by atoms with Gasteiger partial charge in [-0.25, -0.2) is 4.79 Å². The fourth-order valence-electron chi connectivity index (χ4n) is 4.93. The molecule has 2 unspecified atom stereocenters. The minimum atomic E-state index is -1.44. The molecule has 1 aromatic carbocycles. The summed E-state index contributed by atoms with van der Waals surface area (Å²) in [5, 5.41) is 19.7. The third kappa shape index (κ3) is 3.48. The number of carboxylic acid groups (broad SMARTS) is 1. The molecular weight excluding hydrogens is 422 g/mol. The zero-order valence-corrected chi connectivity index (χ0v) is 17.8. The summed E-state index contributed by atoms with van der Waals surface area (Å²) in [5.41, 5.74) is 0.448. The number of rotatable bonds is 4. The minimum absolute atomic E-state index is 0.112. The first-order valence-corrected chi connectivity index (χ1v) is 10.8. The summed E-state index contributed by atoms with van der Waals surface area (Å²) in [7, 11) is 0. The largest absolute Gasteiger partial charge is 0.503 e. The fraction of sp³-hybridized carbons (Fsp3) is 0.240. The topological polar surface area (TPSA) is 103 Å².